The second kappa shape index (κ2) is 4.15. The van der Waals surface area contributed by atoms with Crippen molar-refractivity contribution in [2.75, 3.05) is 0 Å². The van der Waals surface area contributed by atoms with E-state index in [-0.39, 0.29) is 0 Å². The zero-order valence-corrected chi connectivity index (χ0v) is 8.85. The van der Waals surface area contributed by atoms with Crippen LogP contribution in [-0.2, 0) is 11.2 Å². The molecular weight excluding hydrogens is 221 g/mol. The lowest BCUT2D eigenvalue weighted by atomic mass is 9.85. The van der Waals surface area contributed by atoms with Crippen molar-refractivity contribution in [1.82, 2.24) is 0 Å². The average Bonchev–Trinajstić information content (AvgIpc) is 2.18. The van der Waals surface area contributed by atoms with Gasteiger partial charge in [-0.15, -0.1) is 0 Å². The van der Waals surface area contributed by atoms with Crippen LogP contribution >= 0.6 is 0 Å². The maximum atomic E-state index is 13.2. The van der Waals surface area contributed by atoms with Crippen LogP contribution in [0.5, 0.6) is 0 Å². The SMILES string of the molecule is CC(C)(Cc1c(F)ccc(F)c1F)C(=O)O. The van der Waals surface area contributed by atoms with Crippen LogP contribution in [0.15, 0.2) is 12.1 Å². The Hall–Kier alpha value is -1.52. The molecule has 1 N–H and O–H groups in total. The quantitative estimate of drug-likeness (QED) is 0.813. The Morgan fingerprint density at radius 2 is 1.75 bits per heavy atom. The summed E-state index contributed by atoms with van der Waals surface area (Å²) in [5, 5.41) is 8.82. The fraction of sp³-hybridized carbons (Fsp3) is 0.364. The topological polar surface area (TPSA) is 37.3 Å². The molecule has 0 spiro atoms. The highest BCUT2D eigenvalue weighted by Crippen LogP contribution is 2.26. The van der Waals surface area contributed by atoms with Gasteiger partial charge in [0.1, 0.15) is 5.82 Å². The first-order chi connectivity index (χ1) is 7.25. The molecule has 2 nitrogen and oxygen atoms in total. The van der Waals surface area contributed by atoms with Gasteiger partial charge >= 0.3 is 5.97 Å². The highest BCUT2D eigenvalue weighted by Gasteiger charge is 2.30. The summed E-state index contributed by atoms with van der Waals surface area (Å²) in [6.45, 7) is 2.64. The summed E-state index contributed by atoms with van der Waals surface area (Å²) in [4.78, 5) is 10.8. The van der Waals surface area contributed by atoms with E-state index in [1.165, 1.54) is 13.8 Å². The minimum absolute atomic E-state index is 0.405. The minimum atomic E-state index is -1.35. The lowest BCUT2D eigenvalue weighted by Gasteiger charge is -2.19. The molecule has 0 saturated heterocycles. The zero-order chi connectivity index (χ0) is 12.5. The number of benzene rings is 1. The second-order valence-corrected chi connectivity index (χ2v) is 4.19. The van der Waals surface area contributed by atoms with Crippen molar-refractivity contribution in [2.24, 2.45) is 5.41 Å². The minimum Gasteiger partial charge on any atom is -0.481 e. The Kier molecular flexibility index (Phi) is 3.26. The van der Waals surface area contributed by atoms with Crippen LogP contribution in [0.2, 0.25) is 0 Å². The molecule has 1 aromatic carbocycles. The number of hydrogen-bond donors (Lipinski definition) is 1. The van der Waals surface area contributed by atoms with E-state index in [9.17, 15) is 18.0 Å². The van der Waals surface area contributed by atoms with E-state index >= 15 is 0 Å². The summed E-state index contributed by atoms with van der Waals surface area (Å²) >= 11 is 0. The molecular formula is C11H11F3O2. The van der Waals surface area contributed by atoms with Crippen LogP contribution in [0.3, 0.4) is 0 Å². The molecule has 0 amide bonds. The van der Waals surface area contributed by atoms with Gasteiger partial charge in [-0.25, -0.2) is 13.2 Å². The first kappa shape index (κ1) is 12.5. The summed E-state index contributed by atoms with van der Waals surface area (Å²) in [7, 11) is 0. The van der Waals surface area contributed by atoms with Crippen molar-refractivity contribution in [3.05, 3.63) is 35.1 Å². The van der Waals surface area contributed by atoms with Crippen molar-refractivity contribution < 1.29 is 23.1 Å². The molecule has 0 aromatic heterocycles. The van der Waals surface area contributed by atoms with Crippen molar-refractivity contribution in [2.45, 2.75) is 20.3 Å². The number of carboxylic acids is 1. The summed E-state index contributed by atoms with van der Waals surface area (Å²) in [6.07, 6.45) is -0.405. The lowest BCUT2D eigenvalue weighted by molar-refractivity contribution is -0.146. The van der Waals surface area contributed by atoms with Gasteiger partial charge in [0, 0.05) is 5.56 Å². The molecule has 88 valence electrons. The van der Waals surface area contributed by atoms with Gasteiger partial charge in [-0.2, -0.15) is 0 Å². The second-order valence-electron chi connectivity index (χ2n) is 4.19. The van der Waals surface area contributed by atoms with Gasteiger partial charge in [0.15, 0.2) is 11.6 Å². The molecule has 0 aliphatic carbocycles. The predicted molar refractivity (Wildman–Crippen MR) is 51.4 cm³/mol. The Bertz CT molecular complexity index is 427. The third-order valence-electron chi connectivity index (χ3n) is 2.34. The largest absolute Gasteiger partial charge is 0.481 e. The number of aliphatic carboxylic acids is 1. The van der Waals surface area contributed by atoms with Crippen LogP contribution < -0.4 is 0 Å². The molecule has 0 saturated carbocycles. The van der Waals surface area contributed by atoms with E-state index < -0.39 is 40.8 Å². The summed E-state index contributed by atoms with van der Waals surface area (Å²) in [5.74, 6) is -4.64. The smallest absolute Gasteiger partial charge is 0.309 e. The van der Waals surface area contributed by atoms with Gasteiger partial charge in [-0.3, -0.25) is 4.79 Å². The van der Waals surface area contributed by atoms with Crippen LogP contribution in [0.1, 0.15) is 19.4 Å². The van der Waals surface area contributed by atoms with E-state index in [1.807, 2.05) is 0 Å². The molecule has 0 radical (unpaired) electrons. The Morgan fingerprint density at radius 3 is 2.25 bits per heavy atom. The Morgan fingerprint density at radius 1 is 1.25 bits per heavy atom. The maximum Gasteiger partial charge on any atom is 0.309 e. The molecule has 0 bridgehead atoms. The molecule has 0 atom stereocenters. The molecule has 0 unspecified atom stereocenters. The van der Waals surface area contributed by atoms with Crippen LogP contribution in [0.4, 0.5) is 13.2 Å². The highest BCUT2D eigenvalue weighted by molar-refractivity contribution is 5.74. The average molecular weight is 232 g/mol. The molecule has 0 fully saturated rings. The normalized spacial score (nSPS) is 11.6. The number of carbonyl (C=O) groups is 1. The van der Waals surface area contributed by atoms with E-state index in [4.69, 9.17) is 5.11 Å². The van der Waals surface area contributed by atoms with Crippen LogP contribution in [0.25, 0.3) is 0 Å². The number of halogens is 3. The van der Waals surface area contributed by atoms with Crippen LogP contribution in [-0.4, -0.2) is 11.1 Å². The Balaban J connectivity index is 3.15. The van der Waals surface area contributed by atoms with Crippen LogP contribution in [0, 0.1) is 22.9 Å². The summed E-state index contributed by atoms with van der Waals surface area (Å²) in [5.41, 5.74) is -1.89. The lowest BCUT2D eigenvalue weighted by Crippen LogP contribution is -2.27. The molecule has 0 heterocycles. The van der Waals surface area contributed by atoms with Crippen molar-refractivity contribution >= 4 is 5.97 Å². The maximum absolute atomic E-state index is 13.2. The predicted octanol–water partition coefficient (Wildman–Crippen LogP) is 2.76. The summed E-state index contributed by atoms with van der Waals surface area (Å²) < 4.78 is 39.3. The van der Waals surface area contributed by atoms with Gasteiger partial charge in [0.2, 0.25) is 0 Å². The fourth-order valence-electron chi connectivity index (χ4n) is 1.25. The third-order valence-corrected chi connectivity index (χ3v) is 2.34. The molecule has 16 heavy (non-hydrogen) atoms. The molecule has 0 aliphatic rings. The number of rotatable bonds is 3. The van der Waals surface area contributed by atoms with E-state index in [2.05, 4.69) is 0 Å². The molecule has 1 rings (SSSR count). The first-order valence-electron chi connectivity index (χ1n) is 4.61. The standard InChI is InChI=1S/C11H11F3O2/c1-11(2,10(15)16)5-6-7(12)3-4-8(13)9(6)14/h3-4H,5H2,1-2H3,(H,15,16). The van der Waals surface area contributed by atoms with E-state index in [1.54, 1.807) is 0 Å². The van der Waals surface area contributed by atoms with Crippen molar-refractivity contribution in [3.63, 3.8) is 0 Å². The monoisotopic (exact) mass is 232 g/mol. The Labute approximate surface area is 90.7 Å². The molecule has 5 heteroatoms. The summed E-state index contributed by atoms with van der Waals surface area (Å²) in [6, 6.07) is 1.45. The van der Waals surface area contributed by atoms with Gasteiger partial charge < -0.3 is 5.11 Å². The molecule has 0 aliphatic heterocycles. The van der Waals surface area contributed by atoms with E-state index in [0.29, 0.717) is 6.07 Å². The van der Waals surface area contributed by atoms with Gasteiger partial charge in [-0.05, 0) is 32.4 Å². The van der Waals surface area contributed by atoms with Gasteiger partial charge in [0.25, 0.3) is 0 Å². The van der Waals surface area contributed by atoms with Gasteiger partial charge in [0.05, 0.1) is 5.41 Å². The number of carboxylic acid groups (broad SMARTS) is 1. The first-order valence-corrected chi connectivity index (χ1v) is 4.61. The van der Waals surface area contributed by atoms with Crippen molar-refractivity contribution in [3.8, 4) is 0 Å². The highest BCUT2D eigenvalue weighted by atomic mass is 19.2. The van der Waals surface area contributed by atoms with E-state index in [0.717, 1.165) is 6.07 Å². The third kappa shape index (κ3) is 2.35. The van der Waals surface area contributed by atoms with Crippen molar-refractivity contribution in [1.29, 1.82) is 0 Å². The molecule has 1 aromatic rings. The zero-order valence-electron chi connectivity index (χ0n) is 8.85. The van der Waals surface area contributed by atoms with Gasteiger partial charge in [-0.1, -0.05) is 0 Å². The fourth-order valence-corrected chi connectivity index (χ4v) is 1.25. The number of hydrogen-bond acceptors (Lipinski definition) is 1.